The zero-order valence-corrected chi connectivity index (χ0v) is 10.8. The Labute approximate surface area is 109 Å². The average Bonchev–Trinajstić information content (AvgIpc) is 2.29. The van der Waals surface area contributed by atoms with Gasteiger partial charge in [0.2, 0.25) is 5.91 Å². The van der Waals surface area contributed by atoms with Crippen LogP contribution in [0.25, 0.3) is 0 Å². The van der Waals surface area contributed by atoms with E-state index in [0.29, 0.717) is 19.5 Å². The van der Waals surface area contributed by atoms with Gasteiger partial charge in [0.15, 0.2) is 0 Å². The summed E-state index contributed by atoms with van der Waals surface area (Å²) >= 11 is 0. The highest BCUT2D eigenvalue weighted by atomic mass is 16.3. The molecule has 0 unspecified atom stereocenters. The standard InChI is InChI=1S/C12H17N3O4/c1-2-4-12(19)7-15(8-12)10(17)6-14-5-3-9(16)13-11(14)18/h3,5,19H,2,4,6-8H2,1H3,(H,13,16,18). The molecular weight excluding hydrogens is 250 g/mol. The number of aliphatic hydroxyl groups is 1. The fourth-order valence-corrected chi connectivity index (χ4v) is 2.28. The molecule has 1 aliphatic rings. The molecule has 0 aliphatic carbocycles. The van der Waals surface area contributed by atoms with Gasteiger partial charge >= 0.3 is 5.69 Å². The van der Waals surface area contributed by atoms with Crippen LogP contribution in [0.4, 0.5) is 0 Å². The molecule has 1 aromatic rings. The van der Waals surface area contributed by atoms with Crippen LogP contribution in [-0.2, 0) is 11.3 Å². The van der Waals surface area contributed by atoms with E-state index in [0.717, 1.165) is 11.0 Å². The van der Waals surface area contributed by atoms with Crippen molar-refractivity contribution in [1.82, 2.24) is 14.5 Å². The van der Waals surface area contributed by atoms with Crippen molar-refractivity contribution in [3.63, 3.8) is 0 Å². The summed E-state index contributed by atoms with van der Waals surface area (Å²) < 4.78 is 1.14. The molecule has 2 N–H and O–H groups in total. The molecule has 0 aromatic carbocycles. The lowest BCUT2D eigenvalue weighted by atomic mass is 9.89. The molecule has 104 valence electrons. The minimum atomic E-state index is -0.777. The van der Waals surface area contributed by atoms with Crippen LogP contribution in [0.15, 0.2) is 21.9 Å². The van der Waals surface area contributed by atoms with Gasteiger partial charge in [-0.15, -0.1) is 0 Å². The third kappa shape index (κ3) is 2.93. The third-order valence-electron chi connectivity index (χ3n) is 3.24. The number of β-amino-alcohol motifs (C(OH)–C–C–N with tert-alkyl or cyclic N) is 1. The maximum atomic E-state index is 11.9. The fourth-order valence-electron chi connectivity index (χ4n) is 2.28. The molecular formula is C12H17N3O4. The van der Waals surface area contributed by atoms with E-state index in [1.807, 2.05) is 6.92 Å². The van der Waals surface area contributed by atoms with Gasteiger partial charge in [0.05, 0.1) is 18.7 Å². The molecule has 7 heteroatoms. The SMILES string of the molecule is CCCC1(O)CN(C(=O)Cn2ccc(=O)[nH]c2=O)C1. The monoisotopic (exact) mass is 267 g/mol. The maximum Gasteiger partial charge on any atom is 0.328 e. The van der Waals surface area contributed by atoms with E-state index in [9.17, 15) is 19.5 Å². The van der Waals surface area contributed by atoms with Crippen LogP contribution in [-0.4, -0.2) is 44.2 Å². The Morgan fingerprint density at radius 2 is 2.16 bits per heavy atom. The summed E-state index contributed by atoms with van der Waals surface area (Å²) in [6, 6.07) is 1.19. The Morgan fingerprint density at radius 1 is 1.47 bits per heavy atom. The molecule has 19 heavy (non-hydrogen) atoms. The number of aromatic amines is 1. The summed E-state index contributed by atoms with van der Waals surface area (Å²) in [5.41, 5.74) is -1.87. The quantitative estimate of drug-likeness (QED) is 0.724. The number of rotatable bonds is 4. The highest BCUT2D eigenvalue weighted by Gasteiger charge is 2.42. The Hall–Kier alpha value is -1.89. The minimum absolute atomic E-state index is 0.127. The van der Waals surface area contributed by atoms with E-state index in [-0.39, 0.29) is 12.5 Å². The predicted octanol–water partition coefficient (Wildman–Crippen LogP) is -1.09. The summed E-state index contributed by atoms with van der Waals surface area (Å²) in [5.74, 6) is -0.241. The predicted molar refractivity (Wildman–Crippen MR) is 67.8 cm³/mol. The van der Waals surface area contributed by atoms with Crippen molar-refractivity contribution in [3.05, 3.63) is 33.1 Å². The first-order chi connectivity index (χ1) is 8.93. The molecule has 1 aromatic heterocycles. The number of amides is 1. The number of carbonyl (C=O) groups excluding carboxylic acids is 1. The van der Waals surface area contributed by atoms with Gasteiger partial charge in [-0.3, -0.25) is 19.1 Å². The van der Waals surface area contributed by atoms with Crippen LogP contribution in [0.2, 0.25) is 0 Å². The largest absolute Gasteiger partial charge is 0.386 e. The van der Waals surface area contributed by atoms with Gasteiger partial charge in [0.25, 0.3) is 5.56 Å². The Morgan fingerprint density at radius 3 is 2.74 bits per heavy atom. The number of hydrogen-bond donors (Lipinski definition) is 2. The van der Waals surface area contributed by atoms with E-state index in [4.69, 9.17) is 0 Å². The van der Waals surface area contributed by atoms with Gasteiger partial charge in [-0.05, 0) is 6.42 Å². The number of aromatic nitrogens is 2. The van der Waals surface area contributed by atoms with Crippen molar-refractivity contribution < 1.29 is 9.90 Å². The lowest BCUT2D eigenvalue weighted by Crippen LogP contribution is -2.64. The number of nitrogens with zero attached hydrogens (tertiary/aromatic N) is 2. The summed E-state index contributed by atoms with van der Waals surface area (Å²) in [6.45, 7) is 2.45. The molecule has 7 nitrogen and oxygen atoms in total. The first-order valence-electron chi connectivity index (χ1n) is 6.23. The lowest BCUT2D eigenvalue weighted by Gasteiger charge is -2.46. The zero-order chi connectivity index (χ0) is 14.0. The van der Waals surface area contributed by atoms with Gasteiger partial charge < -0.3 is 10.0 Å². The first kappa shape index (κ1) is 13.5. The van der Waals surface area contributed by atoms with E-state index in [1.54, 1.807) is 0 Å². The fraction of sp³-hybridized carbons (Fsp3) is 0.583. The van der Waals surface area contributed by atoms with Crippen molar-refractivity contribution in [2.45, 2.75) is 31.9 Å². The van der Waals surface area contributed by atoms with Gasteiger partial charge in [-0.2, -0.15) is 0 Å². The van der Waals surface area contributed by atoms with Crippen LogP contribution in [0.5, 0.6) is 0 Å². The molecule has 1 amide bonds. The molecule has 0 spiro atoms. The van der Waals surface area contributed by atoms with Crippen molar-refractivity contribution >= 4 is 5.91 Å². The van der Waals surface area contributed by atoms with Gasteiger partial charge in [-0.25, -0.2) is 4.79 Å². The lowest BCUT2D eigenvalue weighted by molar-refractivity contribution is -0.157. The Balaban J connectivity index is 1.96. The summed E-state index contributed by atoms with van der Waals surface area (Å²) in [4.78, 5) is 37.8. The summed E-state index contributed by atoms with van der Waals surface area (Å²) in [7, 11) is 0. The smallest absolute Gasteiger partial charge is 0.328 e. The van der Waals surface area contributed by atoms with Gasteiger partial charge in [-0.1, -0.05) is 13.3 Å². The van der Waals surface area contributed by atoms with Crippen molar-refractivity contribution in [2.24, 2.45) is 0 Å². The van der Waals surface area contributed by atoms with Crippen LogP contribution < -0.4 is 11.2 Å². The van der Waals surface area contributed by atoms with E-state index in [1.165, 1.54) is 17.2 Å². The molecule has 0 radical (unpaired) electrons. The molecule has 0 saturated carbocycles. The summed E-state index contributed by atoms with van der Waals surface area (Å²) in [6.07, 6.45) is 2.81. The highest BCUT2D eigenvalue weighted by Crippen LogP contribution is 2.25. The number of likely N-dealkylation sites (tertiary alicyclic amines) is 1. The van der Waals surface area contributed by atoms with Crippen LogP contribution >= 0.6 is 0 Å². The molecule has 1 aliphatic heterocycles. The van der Waals surface area contributed by atoms with E-state index < -0.39 is 16.9 Å². The molecule has 0 atom stereocenters. The van der Waals surface area contributed by atoms with E-state index in [2.05, 4.69) is 4.98 Å². The molecule has 1 saturated heterocycles. The third-order valence-corrected chi connectivity index (χ3v) is 3.24. The normalized spacial score (nSPS) is 17.1. The molecule has 1 fully saturated rings. The molecule has 2 rings (SSSR count). The summed E-state index contributed by atoms with van der Waals surface area (Å²) in [5, 5.41) is 9.98. The van der Waals surface area contributed by atoms with Crippen LogP contribution in [0.3, 0.4) is 0 Å². The van der Waals surface area contributed by atoms with Gasteiger partial charge in [0, 0.05) is 12.3 Å². The van der Waals surface area contributed by atoms with Crippen LogP contribution in [0.1, 0.15) is 19.8 Å². The maximum absolute atomic E-state index is 11.9. The molecule has 0 bridgehead atoms. The molecule has 2 heterocycles. The Kier molecular flexibility index (Phi) is 3.57. The topological polar surface area (TPSA) is 95.4 Å². The zero-order valence-electron chi connectivity index (χ0n) is 10.8. The van der Waals surface area contributed by atoms with Gasteiger partial charge in [0.1, 0.15) is 6.54 Å². The number of carbonyl (C=O) groups is 1. The first-order valence-corrected chi connectivity index (χ1v) is 6.23. The number of H-pyrrole nitrogens is 1. The van der Waals surface area contributed by atoms with Crippen molar-refractivity contribution in [2.75, 3.05) is 13.1 Å². The highest BCUT2D eigenvalue weighted by molar-refractivity contribution is 5.77. The second-order valence-corrected chi connectivity index (χ2v) is 4.96. The average molecular weight is 267 g/mol. The van der Waals surface area contributed by atoms with Crippen molar-refractivity contribution in [3.8, 4) is 0 Å². The van der Waals surface area contributed by atoms with Crippen molar-refractivity contribution in [1.29, 1.82) is 0 Å². The second-order valence-electron chi connectivity index (χ2n) is 4.96. The minimum Gasteiger partial charge on any atom is -0.386 e. The van der Waals surface area contributed by atoms with E-state index >= 15 is 0 Å². The van der Waals surface area contributed by atoms with Crippen LogP contribution in [0, 0.1) is 0 Å². The number of nitrogens with one attached hydrogen (secondary N) is 1. The second kappa shape index (κ2) is 5.00. The Bertz CT molecular complexity index is 583. The number of hydrogen-bond acceptors (Lipinski definition) is 4.